The molecule has 1 aromatic rings. The molecule has 0 heterocycles. The maximum absolute atomic E-state index is 12.6. The smallest absolute Gasteiger partial charge is 0.305 e. The van der Waals surface area contributed by atoms with Crippen LogP contribution in [0.3, 0.4) is 0 Å². The highest BCUT2D eigenvalue weighted by atomic mass is 19.1. The number of aliphatic carboxylic acids is 1. The zero-order chi connectivity index (χ0) is 12.8. The quantitative estimate of drug-likeness (QED) is 0.823. The van der Waals surface area contributed by atoms with Gasteiger partial charge < -0.3 is 10.4 Å². The minimum absolute atomic E-state index is 0.122. The van der Waals surface area contributed by atoms with Crippen LogP contribution in [0.25, 0.3) is 0 Å². The van der Waals surface area contributed by atoms with Crippen molar-refractivity contribution < 1.29 is 19.1 Å². The molecule has 5 heteroatoms. The number of nitrogens with one attached hydrogen (secondary N) is 1. The van der Waals surface area contributed by atoms with Crippen molar-refractivity contribution in [2.45, 2.75) is 25.8 Å². The van der Waals surface area contributed by atoms with Crippen LogP contribution in [0, 0.1) is 5.82 Å². The van der Waals surface area contributed by atoms with Gasteiger partial charge in [0.1, 0.15) is 5.82 Å². The van der Waals surface area contributed by atoms with Crippen LogP contribution in [0.2, 0.25) is 0 Å². The molecule has 0 saturated carbocycles. The molecule has 0 bridgehead atoms. The van der Waals surface area contributed by atoms with E-state index in [0.717, 1.165) is 0 Å². The summed E-state index contributed by atoms with van der Waals surface area (Å²) in [5.74, 6) is -1.77. The summed E-state index contributed by atoms with van der Waals surface area (Å²) < 4.78 is 12.6. The summed E-state index contributed by atoms with van der Waals surface area (Å²) in [5, 5.41) is 11.2. The zero-order valence-electron chi connectivity index (χ0n) is 9.44. The molecule has 92 valence electrons. The lowest BCUT2D eigenvalue weighted by atomic mass is 10.1. The van der Waals surface area contributed by atoms with E-state index in [2.05, 4.69) is 5.32 Å². The van der Waals surface area contributed by atoms with Crippen molar-refractivity contribution in [2.24, 2.45) is 0 Å². The van der Waals surface area contributed by atoms with E-state index >= 15 is 0 Å². The molecule has 2 N–H and O–H groups in total. The number of carboxylic acid groups (broad SMARTS) is 1. The van der Waals surface area contributed by atoms with Crippen molar-refractivity contribution in [2.75, 3.05) is 0 Å². The molecule has 0 aromatic heterocycles. The first-order chi connectivity index (χ1) is 8.02. The fourth-order valence-corrected chi connectivity index (χ4v) is 1.38. The molecule has 1 rings (SSSR count). The molecule has 0 spiro atoms. The van der Waals surface area contributed by atoms with Crippen LogP contribution >= 0.6 is 0 Å². The molecular formula is C12H14FNO3. The average Bonchev–Trinajstić information content (AvgIpc) is 2.28. The Morgan fingerprint density at radius 3 is 2.41 bits per heavy atom. The largest absolute Gasteiger partial charge is 0.481 e. The third-order valence-corrected chi connectivity index (χ3v) is 2.36. The average molecular weight is 239 g/mol. The lowest BCUT2D eigenvalue weighted by molar-refractivity contribution is -0.137. The number of benzene rings is 1. The molecule has 1 aromatic carbocycles. The van der Waals surface area contributed by atoms with E-state index in [1.807, 2.05) is 0 Å². The summed E-state index contributed by atoms with van der Waals surface area (Å²) in [6.07, 6.45) is 0.405. The molecule has 0 saturated heterocycles. The number of halogens is 1. The van der Waals surface area contributed by atoms with E-state index in [-0.39, 0.29) is 6.42 Å². The summed E-state index contributed by atoms with van der Waals surface area (Å²) in [6.45, 7) is 1.79. The third-order valence-electron chi connectivity index (χ3n) is 2.36. The van der Waals surface area contributed by atoms with Crippen LogP contribution in [0.5, 0.6) is 0 Å². The van der Waals surface area contributed by atoms with Crippen LogP contribution < -0.4 is 5.32 Å². The Hall–Kier alpha value is -1.91. The molecule has 0 aliphatic rings. The van der Waals surface area contributed by atoms with Gasteiger partial charge in [-0.25, -0.2) is 4.39 Å². The first kappa shape index (κ1) is 13.2. The lowest BCUT2D eigenvalue weighted by Crippen LogP contribution is -2.36. The Kier molecular flexibility index (Phi) is 4.63. The highest BCUT2D eigenvalue weighted by Crippen LogP contribution is 2.05. The summed E-state index contributed by atoms with van der Waals surface area (Å²) >= 11 is 0. The fraction of sp³-hybridized carbons (Fsp3) is 0.333. The zero-order valence-corrected chi connectivity index (χ0v) is 9.44. The molecule has 4 nitrogen and oxygen atoms in total. The molecule has 1 atom stereocenters. The van der Waals surface area contributed by atoms with Crippen LogP contribution in [0.4, 0.5) is 4.39 Å². The Bertz CT molecular complexity index is 403. The number of carbonyl (C=O) groups excluding carboxylic acids is 1. The predicted molar refractivity (Wildman–Crippen MR) is 60.2 cm³/mol. The first-order valence-corrected chi connectivity index (χ1v) is 5.31. The van der Waals surface area contributed by atoms with E-state index in [4.69, 9.17) is 5.11 Å². The fourth-order valence-electron chi connectivity index (χ4n) is 1.38. The van der Waals surface area contributed by atoms with Gasteiger partial charge in [0.05, 0.1) is 6.42 Å². The van der Waals surface area contributed by atoms with E-state index in [9.17, 15) is 14.0 Å². The maximum Gasteiger partial charge on any atom is 0.305 e. The van der Waals surface area contributed by atoms with Crippen molar-refractivity contribution in [3.63, 3.8) is 0 Å². The monoisotopic (exact) mass is 239 g/mol. The molecular weight excluding hydrogens is 225 g/mol. The molecule has 0 fully saturated rings. The topological polar surface area (TPSA) is 66.4 Å². The van der Waals surface area contributed by atoms with Gasteiger partial charge in [0.2, 0.25) is 0 Å². The predicted octanol–water partition coefficient (Wildman–Crippen LogP) is 1.81. The highest BCUT2D eigenvalue weighted by Gasteiger charge is 2.14. The van der Waals surface area contributed by atoms with Crippen LogP contribution in [0.15, 0.2) is 24.3 Å². The van der Waals surface area contributed by atoms with E-state index in [1.165, 1.54) is 24.3 Å². The van der Waals surface area contributed by atoms with Gasteiger partial charge >= 0.3 is 5.97 Å². The van der Waals surface area contributed by atoms with Crippen molar-refractivity contribution >= 4 is 11.9 Å². The van der Waals surface area contributed by atoms with Gasteiger partial charge in [-0.3, -0.25) is 9.59 Å². The van der Waals surface area contributed by atoms with Crippen molar-refractivity contribution in [3.05, 3.63) is 35.6 Å². The second-order valence-corrected chi connectivity index (χ2v) is 3.68. The molecule has 1 amide bonds. The Morgan fingerprint density at radius 2 is 1.94 bits per heavy atom. The SMILES string of the molecule is CCC(CC(=O)O)NC(=O)c1ccc(F)cc1. The number of hydrogen-bond donors (Lipinski definition) is 2. The second-order valence-electron chi connectivity index (χ2n) is 3.68. The molecule has 0 radical (unpaired) electrons. The van der Waals surface area contributed by atoms with Gasteiger partial charge in [0, 0.05) is 11.6 Å². The van der Waals surface area contributed by atoms with Crippen LogP contribution in [-0.4, -0.2) is 23.0 Å². The highest BCUT2D eigenvalue weighted by molar-refractivity contribution is 5.94. The number of rotatable bonds is 5. The minimum atomic E-state index is -0.962. The van der Waals surface area contributed by atoms with Gasteiger partial charge in [-0.1, -0.05) is 6.92 Å². The van der Waals surface area contributed by atoms with Crippen LogP contribution in [0.1, 0.15) is 30.1 Å². The van der Waals surface area contributed by atoms with E-state index in [1.54, 1.807) is 6.92 Å². The van der Waals surface area contributed by atoms with E-state index in [0.29, 0.717) is 12.0 Å². The minimum Gasteiger partial charge on any atom is -0.481 e. The Balaban J connectivity index is 2.64. The number of hydrogen-bond acceptors (Lipinski definition) is 2. The number of carboxylic acids is 1. The van der Waals surface area contributed by atoms with Crippen molar-refractivity contribution in [1.82, 2.24) is 5.32 Å². The number of amides is 1. The maximum atomic E-state index is 12.6. The standard InChI is InChI=1S/C12H14FNO3/c1-2-10(7-11(15)16)14-12(17)8-3-5-9(13)6-4-8/h3-6,10H,2,7H2,1H3,(H,14,17)(H,15,16). The second kappa shape index (κ2) is 5.98. The van der Waals surface area contributed by atoms with Gasteiger partial charge in [0.15, 0.2) is 0 Å². The van der Waals surface area contributed by atoms with Gasteiger partial charge in [0.25, 0.3) is 5.91 Å². The lowest BCUT2D eigenvalue weighted by Gasteiger charge is -2.14. The summed E-state index contributed by atoms with van der Waals surface area (Å²) in [7, 11) is 0. The molecule has 0 aliphatic carbocycles. The summed E-state index contributed by atoms with van der Waals surface area (Å²) in [4.78, 5) is 22.2. The Morgan fingerprint density at radius 1 is 1.35 bits per heavy atom. The molecule has 1 unspecified atom stereocenters. The van der Waals surface area contributed by atoms with Crippen LogP contribution in [-0.2, 0) is 4.79 Å². The molecule has 0 aliphatic heterocycles. The van der Waals surface area contributed by atoms with Gasteiger partial charge in [-0.15, -0.1) is 0 Å². The van der Waals surface area contributed by atoms with Crippen molar-refractivity contribution in [3.8, 4) is 0 Å². The summed E-state index contributed by atoms with van der Waals surface area (Å²) in [5.41, 5.74) is 0.315. The normalized spacial score (nSPS) is 11.9. The third kappa shape index (κ3) is 4.22. The van der Waals surface area contributed by atoms with Gasteiger partial charge in [-0.05, 0) is 30.7 Å². The number of carbonyl (C=O) groups is 2. The summed E-state index contributed by atoms with van der Waals surface area (Å²) in [6, 6.07) is 4.68. The van der Waals surface area contributed by atoms with Crippen molar-refractivity contribution in [1.29, 1.82) is 0 Å². The Labute approximate surface area is 98.5 Å². The molecule has 17 heavy (non-hydrogen) atoms. The van der Waals surface area contributed by atoms with Gasteiger partial charge in [-0.2, -0.15) is 0 Å². The first-order valence-electron chi connectivity index (χ1n) is 5.31. The van der Waals surface area contributed by atoms with E-state index < -0.39 is 23.7 Å².